The highest BCUT2D eigenvalue weighted by Gasteiger charge is 2.09. The molecule has 76 valence electrons. The van der Waals surface area contributed by atoms with Gasteiger partial charge in [-0.3, -0.25) is 0 Å². The molecule has 0 aromatic heterocycles. The Balaban J connectivity index is 2.95. The van der Waals surface area contributed by atoms with Crippen LogP contribution in [0.4, 0.5) is 0 Å². The molecule has 0 saturated carbocycles. The molecule has 1 N–H and O–H groups in total. The Kier molecular flexibility index (Phi) is 3.98. The van der Waals surface area contributed by atoms with Gasteiger partial charge in [-0.25, -0.2) is 0 Å². The monoisotopic (exact) mass is 212 g/mol. The summed E-state index contributed by atoms with van der Waals surface area (Å²) in [5, 5.41) is 10.1. The molecule has 0 radical (unpaired) electrons. The molecule has 1 aromatic rings. The largest absolute Gasteiger partial charge is 0.489 e. The zero-order chi connectivity index (χ0) is 10.6. The second-order valence-corrected chi connectivity index (χ2v) is 3.39. The van der Waals surface area contributed by atoms with E-state index in [1.165, 1.54) is 0 Å². The van der Waals surface area contributed by atoms with Gasteiger partial charge in [0.2, 0.25) is 0 Å². The first kappa shape index (κ1) is 11.1. The van der Waals surface area contributed by atoms with E-state index in [0.29, 0.717) is 22.9 Å². The van der Waals surface area contributed by atoms with Crippen molar-refractivity contribution in [2.24, 2.45) is 0 Å². The van der Waals surface area contributed by atoms with Gasteiger partial charge in [0.1, 0.15) is 12.4 Å². The van der Waals surface area contributed by atoms with Crippen LogP contribution in [-0.4, -0.2) is 11.7 Å². The predicted molar refractivity (Wildman–Crippen MR) is 57.8 cm³/mol. The molecule has 0 aliphatic carbocycles. The highest BCUT2D eigenvalue weighted by molar-refractivity contribution is 6.30. The van der Waals surface area contributed by atoms with Gasteiger partial charge in [0.15, 0.2) is 0 Å². The van der Waals surface area contributed by atoms with Crippen LogP contribution in [0.2, 0.25) is 5.02 Å². The molecule has 0 heterocycles. The van der Waals surface area contributed by atoms with Crippen LogP contribution in [0.5, 0.6) is 5.75 Å². The van der Waals surface area contributed by atoms with Gasteiger partial charge in [-0.15, -0.1) is 0 Å². The number of aliphatic hydroxyl groups excluding tert-OH is 1. The van der Waals surface area contributed by atoms with Gasteiger partial charge in [0.05, 0.1) is 6.10 Å². The maximum atomic E-state index is 9.46. The molecule has 0 spiro atoms. The lowest BCUT2D eigenvalue weighted by Gasteiger charge is -2.12. The van der Waals surface area contributed by atoms with Crippen molar-refractivity contribution in [1.29, 1.82) is 0 Å². The fourth-order valence-corrected chi connectivity index (χ4v) is 1.31. The van der Waals surface area contributed by atoms with Crippen LogP contribution < -0.4 is 4.74 Å². The Bertz CT molecular complexity index is 321. The van der Waals surface area contributed by atoms with E-state index in [4.69, 9.17) is 16.3 Å². The minimum absolute atomic E-state index is 0.418. The fraction of sp³-hybridized carbons (Fsp3) is 0.273. The van der Waals surface area contributed by atoms with Crippen molar-refractivity contribution in [3.8, 4) is 5.75 Å². The first-order valence-corrected chi connectivity index (χ1v) is 4.74. The average molecular weight is 213 g/mol. The lowest BCUT2D eigenvalue weighted by Crippen LogP contribution is -2.00. The number of halogens is 1. The van der Waals surface area contributed by atoms with Crippen molar-refractivity contribution in [3.63, 3.8) is 0 Å². The summed E-state index contributed by atoms with van der Waals surface area (Å²) in [6.07, 6.45) is 1.06. The van der Waals surface area contributed by atoms with Crippen LogP contribution in [0.1, 0.15) is 18.6 Å². The summed E-state index contributed by atoms with van der Waals surface area (Å²) >= 11 is 5.81. The lowest BCUT2D eigenvalue weighted by molar-refractivity contribution is 0.193. The molecule has 0 saturated heterocycles. The van der Waals surface area contributed by atoms with Crippen molar-refractivity contribution in [1.82, 2.24) is 0 Å². The third-order valence-electron chi connectivity index (χ3n) is 1.78. The van der Waals surface area contributed by atoms with Gasteiger partial charge in [0, 0.05) is 10.6 Å². The van der Waals surface area contributed by atoms with Crippen molar-refractivity contribution in [2.75, 3.05) is 6.61 Å². The third kappa shape index (κ3) is 2.76. The van der Waals surface area contributed by atoms with E-state index in [-0.39, 0.29) is 0 Å². The van der Waals surface area contributed by atoms with E-state index >= 15 is 0 Å². The summed E-state index contributed by atoms with van der Waals surface area (Å²) in [4.78, 5) is 0. The Morgan fingerprint density at radius 2 is 2.36 bits per heavy atom. The molecule has 14 heavy (non-hydrogen) atoms. The SMILES string of the molecule is C=CCOc1ccc(Cl)cc1[C@@H](C)O. The van der Waals surface area contributed by atoms with Gasteiger partial charge in [-0.1, -0.05) is 24.3 Å². The average Bonchev–Trinajstić information content (AvgIpc) is 2.15. The molecule has 0 aliphatic heterocycles. The minimum atomic E-state index is -0.589. The molecule has 0 aliphatic rings. The number of hydrogen-bond acceptors (Lipinski definition) is 2. The number of benzene rings is 1. The molecular formula is C11H13ClO2. The molecule has 1 atom stereocenters. The summed E-state index contributed by atoms with van der Waals surface area (Å²) in [7, 11) is 0. The third-order valence-corrected chi connectivity index (χ3v) is 2.01. The molecular weight excluding hydrogens is 200 g/mol. The smallest absolute Gasteiger partial charge is 0.125 e. The first-order chi connectivity index (χ1) is 6.65. The highest BCUT2D eigenvalue weighted by atomic mass is 35.5. The van der Waals surface area contributed by atoms with E-state index in [0.717, 1.165) is 0 Å². The molecule has 2 nitrogen and oxygen atoms in total. The molecule has 1 aromatic carbocycles. The summed E-state index contributed by atoms with van der Waals surface area (Å²) in [6, 6.07) is 5.17. The van der Waals surface area contributed by atoms with Crippen LogP contribution in [-0.2, 0) is 0 Å². The fourth-order valence-electron chi connectivity index (χ4n) is 1.13. The number of aliphatic hydroxyl groups is 1. The van der Waals surface area contributed by atoms with Crippen molar-refractivity contribution >= 4 is 11.6 Å². The molecule has 1 rings (SSSR count). The van der Waals surface area contributed by atoms with Gasteiger partial charge in [-0.05, 0) is 25.1 Å². The van der Waals surface area contributed by atoms with Gasteiger partial charge in [0.25, 0.3) is 0 Å². The maximum Gasteiger partial charge on any atom is 0.125 e. The van der Waals surface area contributed by atoms with Crippen LogP contribution in [0.15, 0.2) is 30.9 Å². The van der Waals surface area contributed by atoms with Crippen LogP contribution in [0.25, 0.3) is 0 Å². The van der Waals surface area contributed by atoms with Crippen LogP contribution in [0, 0.1) is 0 Å². The lowest BCUT2D eigenvalue weighted by atomic mass is 10.1. The Morgan fingerprint density at radius 3 is 2.93 bits per heavy atom. The standard InChI is InChI=1S/C11H13ClO2/c1-3-6-14-11-5-4-9(12)7-10(11)8(2)13/h3-5,7-8,13H,1,6H2,2H3/t8-/m1/s1. The highest BCUT2D eigenvalue weighted by Crippen LogP contribution is 2.28. The van der Waals surface area contributed by atoms with E-state index in [1.807, 2.05) is 0 Å². The van der Waals surface area contributed by atoms with Gasteiger partial charge in [-0.2, -0.15) is 0 Å². The van der Waals surface area contributed by atoms with E-state index in [9.17, 15) is 5.11 Å². The van der Waals surface area contributed by atoms with Gasteiger partial charge < -0.3 is 9.84 Å². The van der Waals surface area contributed by atoms with Gasteiger partial charge >= 0.3 is 0 Å². The molecule has 3 heteroatoms. The zero-order valence-electron chi connectivity index (χ0n) is 8.03. The number of ether oxygens (including phenoxy) is 1. The quantitative estimate of drug-likeness (QED) is 0.778. The summed E-state index contributed by atoms with van der Waals surface area (Å²) < 4.78 is 5.37. The summed E-state index contributed by atoms with van der Waals surface area (Å²) in [5.41, 5.74) is 0.694. The Labute approximate surface area is 88.8 Å². The second kappa shape index (κ2) is 5.03. The van der Waals surface area contributed by atoms with Crippen molar-refractivity contribution in [2.45, 2.75) is 13.0 Å². The molecule has 0 bridgehead atoms. The summed E-state index contributed by atoms with van der Waals surface area (Å²) in [6.45, 7) is 5.65. The van der Waals surface area contributed by atoms with Crippen LogP contribution in [0.3, 0.4) is 0 Å². The first-order valence-electron chi connectivity index (χ1n) is 4.36. The Morgan fingerprint density at radius 1 is 1.64 bits per heavy atom. The molecule has 0 unspecified atom stereocenters. The molecule has 0 amide bonds. The zero-order valence-corrected chi connectivity index (χ0v) is 8.79. The van der Waals surface area contributed by atoms with E-state index in [2.05, 4.69) is 6.58 Å². The van der Waals surface area contributed by atoms with Crippen LogP contribution >= 0.6 is 11.6 Å². The number of rotatable bonds is 4. The number of hydrogen-bond donors (Lipinski definition) is 1. The minimum Gasteiger partial charge on any atom is -0.489 e. The maximum absolute atomic E-state index is 9.46. The topological polar surface area (TPSA) is 29.5 Å². The Hall–Kier alpha value is -0.990. The molecule has 0 fully saturated rings. The van der Waals surface area contributed by atoms with E-state index in [1.54, 1.807) is 31.2 Å². The van der Waals surface area contributed by atoms with Crippen molar-refractivity contribution in [3.05, 3.63) is 41.4 Å². The normalized spacial score (nSPS) is 12.2. The second-order valence-electron chi connectivity index (χ2n) is 2.96. The summed E-state index contributed by atoms with van der Waals surface area (Å²) in [5.74, 6) is 0.643. The van der Waals surface area contributed by atoms with E-state index < -0.39 is 6.10 Å². The van der Waals surface area contributed by atoms with Crippen molar-refractivity contribution < 1.29 is 9.84 Å². The predicted octanol–water partition coefficient (Wildman–Crippen LogP) is 2.96.